The fraction of sp³-hybridized carbons (Fsp3) is 1.00. The van der Waals surface area contributed by atoms with Gasteiger partial charge >= 0.3 is 0 Å². The zero-order valence-corrected chi connectivity index (χ0v) is 14.2. The molecule has 1 aliphatic heterocycles. The van der Waals surface area contributed by atoms with Gasteiger partial charge in [0.1, 0.15) is 0 Å². The highest BCUT2D eigenvalue weighted by atomic mass is 32.2. The molecule has 1 aliphatic carbocycles. The van der Waals surface area contributed by atoms with Crippen molar-refractivity contribution < 1.29 is 8.95 Å². The van der Waals surface area contributed by atoms with Gasteiger partial charge in [-0.1, -0.05) is 20.8 Å². The summed E-state index contributed by atoms with van der Waals surface area (Å²) in [7, 11) is -0.768. The Bertz CT molecular complexity index is 334. The fourth-order valence-electron chi connectivity index (χ4n) is 3.76. The molecule has 0 aromatic heterocycles. The van der Waals surface area contributed by atoms with E-state index in [2.05, 4.69) is 33.0 Å². The molecule has 0 radical (unpaired) electrons. The molecule has 0 amide bonds. The molecular formula is C16H31NO2S. The molecule has 0 aromatic rings. The third-order valence-electron chi connectivity index (χ3n) is 5.14. The van der Waals surface area contributed by atoms with Gasteiger partial charge in [0, 0.05) is 23.4 Å². The maximum atomic E-state index is 13.1. The minimum absolute atomic E-state index is 0.164. The zero-order chi connectivity index (χ0) is 14.7. The van der Waals surface area contributed by atoms with Crippen LogP contribution in [0.15, 0.2) is 0 Å². The second-order valence-electron chi connectivity index (χ2n) is 6.75. The van der Waals surface area contributed by atoms with Crippen LogP contribution in [0.2, 0.25) is 0 Å². The van der Waals surface area contributed by atoms with Gasteiger partial charge in [-0.15, -0.1) is 0 Å². The molecule has 118 valence electrons. The molecule has 1 heterocycles. The smallest absolute Gasteiger partial charge is 0.0691 e. The average Bonchev–Trinajstić information content (AvgIpc) is 2.84. The lowest BCUT2D eigenvalue weighted by atomic mass is 9.79. The molecule has 1 saturated carbocycles. The monoisotopic (exact) mass is 301 g/mol. The summed E-state index contributed by atoms with van der Waals surface area (Å²) in [6.07, 6.45) is 4.70. The zero-order valence-electron chi connectivity index (χ0n) is 13.4. The molecule has 0 spiro atoms. The van der Waals surface area contributed by atoms with Gasteiger partial charge in [-0.2, -0.15) is 0 Å². The first-order valence-corrected chi connectivity index (χ1v) is 9.56. The number of hydrogen-bond acceptors (Lipinski definition) is 3. The van der Waals surface area contributed by atoms with E-state index in [0.29, 0.717) is 17.2 Å². The molecule has 2 fully saturated rings. The Morgan fingerprint density at radius 3 is 2.55 bits per heavy atom. The molecule has 4 heteroatoms. The predicted octanol–water partition coefficient (Wildman–Crippen LogP) is 2.72. The Morgan fingerprint density at radius 1 is 1.25 bits per heavy atom. The SMILES string of the molecule is CCNC1CCC(C(C)C)CC1S(=O)C1CCOC1C. The van der Waals surface area contributed by atoms with Gasteiger partial charge in [0.25, 0.3) is 0 Å². The van der Waals surface area contributed by atoms with Gasteiger partial charge in [-0.25, -0.2) is 0 Å². The summed E-state index contributed by atoms with van der Waals surface area (Å²) in [5.74, 6) is 1.44. The summed E-state index contributed by atoms with van der Waals surface area (Å²) in [5, 5.41) is 4.13. The summed E-state index contributed by atoms with van der Waals surface area (Å²) < 4.78 is 18.7. The molecule has 0 aromatic carbocycles. The lowest BCUT2D eigenvalue weighted by Gasteiger charge is -2.39. The molecule has 6 atom stereocenters. The standard InChI is InChI=1S/C16H31NO2S/c1-5-17-14-7-6-13(11(2)3)10-16(14)20(18)15-8-9-19-12(15)4/h11-17H,5-10H2,1-4H3. The molecule has 1 N–H and O–H groups in total. The van der Waals surface area contributed by atoms with Crippen molar-refractivity contribution in [2.45, 2.75) is 76.0 Å². The second-order valence-corrected chi connectivity index (χ2v) is 8.62. The Balaban J connectivity index is 2.07. The molecule has 1 saturated heterocycles. The van der Waals surface area contributed by atoms with E-state index in [1.165, 1.54) is 12.8 Å². The van der Waals surface area contributed by atoms with Crippen molar-refractivity contribution in [3.05, 3.63) is 0 Å². The third-order valence-corrected chi connectivity index (χ3v) is 7.48. The fourth-order valence-corrected chi connectivity index (χ4v) is 5.99. The Labute approximate surface area is 126 Å². The van der Waals surface area contributed by atoms with Crippen LogP contribution in [-0.2, 0) is 15.5 Å². The topological polar surface area (TPSA) is 38.3 Å². The number of nitrogens with one attached hydrogen (secondary N) is 1. The van der Waals surface area contributed by atoms with Crippen molar-refractivity contribution in [3.8, 4) is 0 Å². The van der Waals surface area contributed by atoms with Crippen molar-refractivity contribution >= 4 is 10.8 Å². The van der Waals surface area contributed by atoms with Crippen LogP contribution >= 0.6 is 0 Å². The van der Waals surface area contributed by atoms with Crippen molar-refractivity contribution in [2.24, 2.45) is 11.8 Å². The second kappa shape index (κ2) is 7.37. The van der Waals surface area contributed by atoms with Crippen LogP contribution in [0, 0.1) is 11.8 Å². The van der Waals surface area contributed by atoms with E-state index < -0.39 is 10.8 Å². The lowest BCUT2D eigenvalue weighted by molar-refractivity contribution is 0.126. The van der Waals surface area contributed by atoms with Gasteiger partial charge in [-0.05, 0) is 51.0 Å². The van der Waals surface area contributed by atoms with Crippen LogP contribution in [0.25, 0.3) is 0 Å². The number of ether oxygens (including phenoxy) is 1. The minimum Gasteiger partial charge on any atom is -0.377 e. The summed E-state index contributed by atoms with van der Waals surface area (Å²) >= 11 is 0. The molecular weight excluding hydrogens is 270 g/mol. The van der Waals surface area contributed by atoms with Crippen LogP contribution in [0.3, 0.4) is 0 Å². The lowest BCUT2D eigenvalue weighted by Crippen LogP contribution is -2.49. The van der Waals surface area contributed by atoms with E-state index in [-0.39, 0.29) is 11.4 Å². The highest BCUT2D eigenvalue weighted by Gasteiger charge is 2.40. The normalized spacial score (nSPS) is 40.1. The van der Waals surface area contributed by atoms with Crippen LogP contribution in [-0.4, -0.2) is 40.0 Å². The van der Waals surface area contributed by atoms with Crippen LogP contribution < -0.4 is 5.32 Å². The van der Waals surface area contributed by atoms with E-state index >= 15 is 0 Å². The van der Waals surface area contributed by atoms with Gasteiger partial charge in [0.2, 0.25) is 0 Å². The third kappa shape index (κ3) is 3.63. The van der Waals surface area contributed by atoms with Gasteiger partial charge in [0.05, 0.1) is 16.6 Å². The van der Waals surface area contributed by atoms with E-state index in [0.717, 1.165) is 31.9 Å². The number of rotatable bonds is 5. The summed E-state index contributed by atoms with van der Waals surface area (Å²) in [5.41, 5.74) is 0. The van der Waals surface area contributed by atoms with E-state index in [1.54, 1.807) is 0 Å². The van der Waals surface area contributed by atoms with Crippen LogP contribution in [0.1, 0.15) is 53.4 Å². The van der Waals surface area contributed by atoms with E-state index in [4.69, 9.17) is 4.74 Å². The molecule has 0 bridgehead atoms. The molecule has 2 rings (SSSR count). The first-order chi connectivity index (χ1) is 9.54. The average molecular weight is 301 g/mol. The minimum atomic E-state index is -0.768. The molecule has 2 aliphatic rings. The first kappa shape index (κ1) is 16.4. The van der Waals surface area contributed by atoms with Gasteiger partial charge in [-0.3, -0.25) is 4.21 Å². The summed E-state index contributed by atoms with van der Waals surface area (Å²) in [4.78, 5) is 0. The van der Waals surface area contributed by atoms with E-state index in [1.807, 2.05) is 0 Å². The van der Waals surface area contributed by atoms with Gasteiger partial charge < -0.3 is 10.1 Å². The summed E-state index contributed by atoms with van der Waals surface area (Å²) in [6.45, 7) is 10.6. The van der Waals surface area contributed by atoms with Crippen molar-refractivity contribution in [2.75, 3.05) is 13.2 Å². The van der Waals surface area contributed by atoms with E-state index in [9.17, 15) is 4.21 Å². The highest BCUT2D eigenvalue weighted by Crippen LogP contribution is 2.35. The first-order valence-electron chi connectivity index (χ1n) is 8.29. The molecule has 3 nitrogen and oxygen atoms in total. The highest BCUT2D eigenvalue weighted by molar-refractivity contribution is 7.86. The van der Waals surface area contributed by atoms with Gasteiger partial charge in [0.15, 0.2) is 0 Å². The Kier molecular flexibility index (Phi) is 6.06. The van der Waals surface area contributed by atoms with Crippen molar-refractivity contribution in [1.82, 2.24) is 5.32 Å². The quantitative estimate of drug-likeness (QED) is 0.848. The van der Waals surface area contributed by atoms with Crippen LogP contribution in [0.4, 0.5) is 0 Å². The number of hydrogen-bond donors (Lipinski definition) is 1. The van der Waals surface area contributed by atoms with Crippen molar-refractivity contribution in [1.29, 1.82) is 0 Å². The maximum absolute atomic E-state index is 13.1. The maximum Gasteiger partial charge on any atom is 0.0691 e. The Morgan fingerprint density at radius 2 is 2.00 bits per heavy atom. The predicted molar refractivity (Wildman–Crippen MR) is 85.4 cm³/mol. The van der Waals surface area contributed by atoms with Crippen molar-refractivity contribution in [3.63, 3.8) is 0 Å². The Hall–Kier alpha value is 0.0700. The molecule has 6 unspecified atom stereocenters. The van der Waals surface area contributed by atoms with Crippen LogP contribution in [0.5, 0.6) is 0 Å². The molecule has 20 heavy (non-hydrogen) atoms. The summed E-state index contributed by atoms with van der Waals surface area (Å²) in [6, 6.07) is 0.434. The largest absolute Gasteiger partial charge is 0.377 e.